The molecule has 29 heavy (non-hydrogen) atoms. The lowest BCUT2D eigenvalue weighted by molar-refractivity contribution is 0.0794. The summed E-state index contributed by atoms with van der Waals surface area (Å²) in [5, 5.41) is 0. The van der Waals surface area contributed by atoms with Crippen LogP contribution in [0.1, 0.15) is 22.3 Å². The van der Waals surface area contributed by atoms with Crippen LogP contribution in [0.4, 0.5) is 10.5 Å². The zero-order valence-corrected chi connectivity index (χ0v) is 16.2. The average Bonchev–Trinajstić information content (AvgIpc) is 3.15. The van der Waals surface area contributed by atoms with Crippen molar-refractivity contribution in [2.24, 2.45) is 0 Å². The van der Waals surface area contributed by atoms with E-state index in [-0.39, 0.29) is 18.6 Å². The van der Waals surface area contributed by atoms with Crippen LogP contribution in [0.15, 0.2) is 67.4 Å². The highest BCUT2D eigenvalue weighted by Gasteiger charge is 2.38. The fourth-order valence-corrected chi connectivity index (χ4v) is 3.77. The average molecular weight is 390 g/mol. The molecule has 2 aromatic carbocycles. The van der Waals surface area contributed by atoms with E-state index >= 15 is 0 Å². The van der Waals surface area contributed by atoms with E-state index in [0.29, 0.717) is 24.2 Å². The summed E-state index contributed by atoms with van der Waals surface area (Å²) in [7, 11) is 1.63. The molecular weight excluding hydrogens is 368 g/mol. The Labute approximate surface area is 169 Å². The van der Waals surface area contributed by atoms with Crippen LogP contribution >= 0.6 is 0 Å². The lowest BCUT2D eigenvalue weighted by Crippen LogP contribution is -2.41. The van der Waals surface area contributed by atoms with Crippen LogP contribution in [0.3, 0.4) is 0 Å². The van der Waals surface area contributed by atoms with Gasteiger partial charge >= 0.3 is 6.09 Å². The van der Waals surface area contributed by atoms with Crippen LogP contribution in [0.5, 0.6) is 5.75 Å². The topological polar surface area (TPSA) is 59.1 Å². The molecule has 0 aliphatic carbocycles. The van der Waals surface area contributed by atoms with Crippen LogP contribution in [0.25, 0.3) is 5.57 Å². The van der Waals surface area contributed by atoms with E-state index in [1.165, 1.54) is 6.08 Å². The van der Waals surface area contributed by atoms with Crippen molar-refractivity contribution < 1.29 is 19.1 Å². The molecule has 0 spiro atoms. The number of nitrogens with zero attached hydrogens (tertiary/aromatic N) is 2. The summed E-state index contributed by atoms with van der Waals surface area (Å²) in [5.74, 6) is 0.663. The number of carbonyl (C=O) groups is 2. The Bertz CT molecular complexity index is 981. The van der Waals surface area contributed by atoms with E-state index in [1.54, 1.807) is 35.1 Å². The number of carbonyl (C=O) groups excluding carboxylic acids is 2. The van der Waals surface area contributed by atoms with Crippen LogP contribution in [-0.2, 0) is 4.74 Å². The Balaban J connectivity index is 1.68. The van der Waals surface area contributed by atoms with Gasteiger partial charge in [0, 0.05) is 6.20 Å². The number of anilines is 1. The Kier molecular flexibility index (Phi) is 5.08. The second-order valence-corrected chi connectivity index (χ2v) is 6.95. The summed E-state index contributed by atoms with van der Waals surface area (Å²) in [6.07, 6.45) is 3.59. The van der Waals surface area contributed by atoms with Gasteiger partial charge in [0.05, 0.1) is 30.9 Å². The van der Waals surface area contributed by atoms with E-state index < -0.39 is 6.09 Å². The predicted octanol–water partition coefficient (Wildman–Crippen LogP) is 4.09. The number of hydrogen-bond donors (Lipinski definition) is 0. The number of ether oxygens (including phenoxy) is 2. The number of hydrogen-bond acceptors (Lipinski definition) is 4. The fraction of sp³-hybridized carbons (Fsp3) is 0.217. The van der Waals surface area contributed by atoms with E-state index in [2.05, 4.69) is 6.58 Å². The molecule has 0 saturated heterocycles. The Hall–Kier alpha value is -3.54. The Morgan fingerprint density at radius 1 is 1.21 bits per heavy atom. The first kappa shape index (κ1) is 18.8. The van der Waals surface area contributed by atoms with E-state index in [0.717, 1.165) is 16.9 Å². The molecule has 4 rings (SSSR count). The molecule has 6 heteroatoms. The SMILES string of the molecule is C=CCOC(=O)N1CC2CC(c3ccc(OC)cc3)=CN2C(=O)c2ccccc21. The highest BCUT2D eigenvalue weighted by molar-refractivity contribution is 6.06. The smallest absolute Gasteiger partial charge is 0.414 e. The summed E-state index contributed by atoms with van der Waals surface area (Å²) in [4.78, 5) is 29.2. The van der Waals surface area contributed by atoms with Gasteiger partial charge in [-0.25, -0.2) is 4.79 Å². The lowest BCUT2D eigenvalue weighted by atomic mass is 10.0. The second kappa shape index (κ2) is 7.83. The molecular formula is C23H22N2O4. The van der Waals surface area contributed by atoms with Crippen molar-refractivity contribution in [3.63, 3.8) is 0 Å². The first-order chi connectivity index (χ1) is 14.1. The zero-order valence-electron chi connectivity index (χ0n) is 16.2. The van der Waals surface area contributed by atoms with Crippen LogP contribution in [-0.4, -0.2) is 43.2 Å². The molecule has 0 fully saturated rings. The maximum absolute atomic E-state index is 13.2. The van der Waals surface area contributed by atoms with E-state index in [4.69, 9.17) is 9.47 Å². The molecule has 1 atom stereocenters. The standard InChI is InChI=1S/C23H22N2O4/c1-3-12-29-23(27)25-15-18-13-17(16-8-10-19(28-2)11-9-16)14-24(18)22(26)20-6-4-5-7-21(20)25/h3-11,14,18H,1,12-13,15H2,2H3. The molecule has 0 aromatic heterocycles. The summed E-state index contributed by atoms with van der Waals surface area (Å²) >= 11 is 0. The minimum atomic E-state index is -0.482. The number of rotatable bonds is 4. The highest BCUT2D eigenvalue weighted by Crippen LogP contribution is 2.37. The van der Waals surface area contributed by atoms with Crippen molar-refractivity contribution >= 4 is 23.3 Å². The molecule has 2 heterocycles. The maximum atomic E-state index is 13.2. The van der Waals surface area contributed by atoms with Gasteiger partial charge in [0.2, 0.25) is 0 Å². The van der Waals surface area contributed by atoms with Gasteiger partial charge in [-0.2, -0.15) is 0 Å². The molecule has 2 aliphatic heterocycles. The minimum absolute atomic E-state index is 0.117. The molecule has 0 saturated carbocycles. The fourth-order valence-electron chi connectivity index (χ4n) is 3.77. The van der Waals surface area contributed by atoms with Crippen molar-refractivity contribution in [3.8, 4) is 5.75 Å². The van der Waals surface area contributed by atoms with Gasteiger partial charge < -0.3 is 14.4 Å². The number of amides is 2. The molecule has 148 valence electrons. The third kappa shape index (κ3) is 3.49. The Morgan fingerprint density at radius 2 is 1.97 bits per heavy atom. The molecule has 2 aliphatic rings. The predicted molar refractivity (Wildman–Crippen MR) is 111 cm³/mol. The summed E-state index contributed by atoms with van der Waals surface area (Å²) in [5.41, 5.74) is 3.13. The van der Waals surface area contributed by atoms with Gasteiger partial charge in [0.1, 0.15) is 12.4 Å². The first-order valence-electron chi connectivity index (χ1n) is 9.44. The molecule has 0 radical (unpaired) electrons. The monoisotopic (exact) mass is 390 g/mol. The number of para-hydroxylation sites is 1. The molecule has 6 nitrogen and oxygen atoms in total. The van der Waals surface area contributed by atoms with E-state index in [9.17, 15) is 9.59 Å². The van der Waals surface area contributed by atoms with Crippen LogP contribution in [0, 0.1) is 0 Å². The van der Waals surface area contributed by atoms with Crippen molar-refractivity contribution in [3.05, 3.63) is 78.5 Å². The number of benzene rings is 2. The van der Waals surface area contributed by atoms with Gasteiger partial charge in [-0.3, -0.25) is 9.69 Å². The van der Waals surface area contributed by atoms with Crippen molar-refractivity contribution in [1.29, 1.82) is 0 Å². The van der Waals surface area contributed by atoms with Gasteiger partial charge in [-0.1, -0.05) is 36.9 Å². The minimum Gasteiger partial charge on any atom is -0.497 e. The molecule has 0 N–H and O–H groups in total. The number of fused-ring (bicyclic) bond motifs is 2. The summed E-state index contributed by atoms with van der Waals surface area (Å²) in [6.45, 7) is 4.06. The van der Waals surface area contributed by atoms with Crippen molar-refractivity contribution in [2.75, 3.05) is 25.2 Å². The summed E-state index contributed by atoms with van der Waals surface area (Å²) in [6, 6.07) is 14.7. The van der Waals surface area contributed by atoms with Gasteiger partial charge in [-0.15, -0.1) is 0 Å². The van der Waals surface area contributed by atoms with Gasteiger partial charge in [0.25, 0.3) is 5.91 Å². The highest BCUT2D eigenvalue weighted by atomic mass is 16.6. The third-order valence-electron chi connectivity index (χ3n) is 5.20. The first-order valence-corrected chi connectivity index (χ1v) is 9.44. The van der Waals surface area contributed by atoms with Crippen molar-refractivity contribution in [1.82, 2.24) is 4.90 Å². The lowest BCUT2D eigenvalue weighted by Gasteiger charge is -2.25. The van der Waals surface area contributed by atoms with E-state index in [1.807, 2.05) is 36.5 Å². The largest absolute Gasteiger partial charge is 0.497 e. The zero-order chi connectivity index (χ0) is 20.4. The van der Waals surface area contributed by atoms with Gasteiger partial charge in [-0.05, 0) is 41.8 Å². The van der Waals surface area contributed by atoms with Crippen molar-refractivity contribution in [2.45, 2.75) is 12.5 Å². The Morgan fingerprint density at radius 3 is 2.69 bits per heavy atom. The molecule has 2 aromatic rings. The van der Waals surface area contributed by atoms with Crippen LogP contribution < -0.4 is 9.64 Å². The molecule has 2 amide bonds. The number of methoxy groups -OCH3 is 1. The normalized spacial score (nSPS) is 17.8. The molecule has 0 bridgehead atoms. The van der Waals surface area contributed by atoms with Gasteiger partial charge in [0.15, 0.2) is 0 Å². The van der Waals surface area contributed by atoms with Crippen LogP contribution in [0.2, 0.25) is 0 Å². The quantitative estimate of drug-likeness (QED) is 0.738. The maximum Gasteiger partial charge on any atom is 0.414 e. The second-order valence-electron chi connectivity index (χ2n) is 6.95. The third-order valence-corrected chi connectivity index (χ3v) is 5.20. The molecule has 1 unspecified atom stereocenters. The summed E-state index contributed by atoms with van der Waals surface area (Å²) < 4.78 is 10.5.